The van der Waals surface area contributed by atoms with Gasteiger partial charge in [0.1, 0.15) is 35.9 Å². The van der Waals surface area contributed by atoms with Gasteiger partial charge in [-0.1, -0.05) is 32.9 Å². The molecule has 1 amide bonds. The minimum Gasteiger partial charge on any atom is -0.388 e. The molecule has 0 aromatic rings. The molecule has 0 saturated carbocycles. The van der Waals surface area contributed by atoms with E-state index in [1.54, 1.807) is 0 Å². The zero-order valence-corrected chi connectivity index (χ0v) is 22.7. The van der Waals surface area contributed by atoms with Gasteiger partial charge in [0, 0.05) is 13.2 Å². The standard InChI is InChI=1S/C27H46N2O6S/c1-15(2)12-17-9-10-34-24-18(13-17)14-28-20(24)26(33)29-19-16(3)8-6-4-5-7-11-36-27-23(32)21(30)22(31)25(19)35-27/h6,8,15-25,27-28,30-32H,4-5,7,9-14H2,1-3H3,(H,29,33)/b8-6-/t16-,17+,18+,19-,20+,21?,22?,23?,24-,25?,27?/m1/s1. The van der Waals surface area contributed by atoms with E-state index < -0.39 is 41.9 Å². The highest BCUT2D eigenvalue weighted by Crippen LogP contribution is 2.35. The molecule has 9 heteroatoms. The van der Waals surface area contributed by atoms with E-state index in [-0.39, 0.29) is 17.9 Å². The maximum atomic E-state index is 13.6. The Morgan fingerprint density at radius 1 is 1.17 bits per heavy atom. The Morgan fingerprint density at radius 2 is 1.97 bits per heavy atom. The Labute approximate surface area is 220 Å². The summed E-state index contributed by atoms with van der Waals surface area (Å²) in [5, 5.41) is 38.6. The number of thioether (sulfide) groups is 1. The number of nitrogens with one attached hydrogen (secondary N) is 2. The van der Waals surface area contributed by atoms with Crippen molar-refractivity contribution in [3.63, 3.8) is 0 Å². The van der Waals surface area contributed by atoms with Crippen LogP contribution in [0.2, 0.25) is 0 Å². The molecule has 36 heavy (non-hydrogen) atoms. The number of rotatable bonds is 4. The number of aliphatic hydroxyl groups excluding tert-OH is 3. The lowest BCUT2D eigenvalue weighted by Gasteiger charge is -2.45. The Kier molecular flexibility index (Phi) is 10.2. The first-order chi connectivity index (χ1) is 17.3. The summed E-state index contributed by atoms with van der Waals surface area (Å²) >= 11 is 1.46. The lowest BCUT2D eigenvalue weighted by atomic mass is 9.85. The van der Waals surface area contributed by atoms with Crippen LogP contribution < -0.4 is 10.6 Å². The van der Waals surface area contributed by atoms with Gasteiger partial charge in [-0.25, -0.2) is 0 Å². The van der Waals surface area contributed by atoms with E-state index in [4.69, 9.17) is 9.47 Å². The van der Waals surface area contributed by atoms with Crippen LogP contribution in [0.25, 0.3) is 0 Å². The van der Waals surface area contributed by atoms with Crippen LogP contribution in [0.4, 0.5) is 0 Å². The number of amides is 1. The number of hydrogen-bond donors (Lipinski definition) is 5. The van der Waals surface area contributed by atoms with Crippen LogP contribution in [0.3, 0.4) is 0 Å². The fourth-order valence-electron chi connectivity index (χ4n) is 6.34. The second-order valence-corrected chi connectivity index (χ2v) is 12.8. The second kappa shape index (κ2) is 12.9. The number of aliphatic hydroxyl groups is 3. The quantitative estimate of drug-likeness (QED) is 0.352. The van der Waals surface area contributed by atoms with E-state index >= 15 is 0 Å². The molecule has 0 radical (unpaired) electrons. The fourth-order valence-corrected chi connectivity index (χ4v) is 7.51. The van der Waals surface area contributed by atoms with Gasteiger partial charge in [-0.15, -0.1) is 11.8 Å². The normalized spacial score (nSPS) is 45.1. The number of hydrogen-bond acceptors (Lipinski definition) is 8. The number of ether oxygens (including phenoxy) is 2. The van der Waals surface area contributed by atoms with Crippen molar-refractivity contribution in [2.45, 2.75) is 107 Å². The topological polar surface area (TPSA) is 120 Å². The third-order valence-electron chi connectivity index (χ3n) is 8.28. The summed E-state index contributed by atoms with van der Waals surface area (Å²) in [4.78, 5) is 13.6. The molecule has 0 aliphatic carbocycles. The van der Waals surface area contributed by atoms with Crippen LogP contribution in [0.15, 0.2) is 12.2 Å². The SMILES string of the molecule is CC(C)C[C@@H]1CCO[C@@H]2[C@H](CN[C@@H]2C(=O)N[C@H]2C3OC(SCCCC/C=C\[C@H]2C)C(O)C(O)C3O)C1. The lowest BCUT2D eigenvalue weighted by Crippen LogP contribution is -2.65. The molecule has 11 atom stereocenters. The van der Waals surface area contributed by atoms with Crippen molar-refractivity contribution in [1.82, 2.24) is 10.6 Å². The smallest absolute Gasteiger partial charge is 0.240 e. The van der Waals surface area contributed by atoms with Crippen molar-refractivity contribution in [2.75, 3.05) is 18.9 Å². The predicted octanol–water partition coefficient (Wildman–Crippen LogP) is 1.82. The molecule has 5 N–H and O–H groups in total. The molecule has 3 saturated heterocycles. The summed E-state index contributed by atoms with van der Waals surface area (Å²) in [7, 11) is 0. The first-order valence-electron chi connectivity index (χ1n) is 13.9. The van der Waals surface area contributed by atoms with Crippen LogP contribution in [0.1, 0.15) is 59.3 Å². The first-order valence-corrected chi connectivity index (χ1v) is 14.9. The van der Waals surface area contributed by atoms with Crippen LogP contribution in [-0.2, 0) is 14.3 Å². The molecule has 4 heterocycles. The van der Waals surface area contributed by atoms with Gasteiger partial charge in [-0.05, 0) is 67.9 Å². The van der Waals surface area contributed by atoms with E-state index in [0.29, 0.717) is 24.4 Å². The monoisotopic (exact) mass is 526 g/mol. The first kappa shape index (κ1) is 28.3. The Hall–Kier alpha value is -0.680. The average Bonchev–Trinajstić information content (AvgIpc) is 3.12. The Bertz CT molecular complexity index is 754. The molecule has 5 unspecified atom stereocenters. The summed E-state index contributed by atoms with van der Waals surface area (Å²) in [5.41, 5.74) is -0.652. The predicted molar refractivity (Wildman–Crippen MR) is 140 cm³/mol. The molecule has 0 aromatic carbocycles. The summed E-state index contributed by atoms with van der Waals surface area (Å²) in [6.07, 6.45) is 5.57. The molecular weight excluding hydrogens is 480 g/mol. The van der Waals surface area contributed by atoms with Crippen molar-refractivity contribution in [3.8, 4) is 0 Å². The van der Waals surface area contributed by atoms with Crippen molar-refractivity contribution in [1.29, 1.82) is 0 Å². The van der Waals surface area contributed by atoms with E-state index in [0.717, 1.165) is 44.4 Å². The third-order valence-corrected chi connectivity index (χ3v) is 9.52. The highest BCUT2D eigenvalue weighted by Gasteiger charge is 2.49. The van der Waals surface area contributed by atoms with Gasteiger partial charge in [-0.2, -0.15) is 0 Å². The van der Waals surface area contributed by atoms with Crippen LogP contribution >= 0.6 is 11.8 Å². The van der Waals surface area contributed by atoms with Gasteiger partial charge in [-0.3, -0.25) is 4.79 Å². The molecule has 4 aliphatic rings. The Morgan fingerprint density at radius 3 is 2.75 bits per heavy atom. The van der Waals surface area contributed by atoms with Gasteiger partial charge >= 0.3 is 0 Å². The molecule has 8 nitrogen and oxygen atoms in total. The zero-order chi connectivity index (χ0) is 25.8. The second-order valence-electron chi connectivity index (χ2n) is 11.6. The molecule has 4 rings (SSSR count). The summed E-state index contributed by atoms with van der Waals surface area (Å²) in [6, 6.07) is -1.03. The van der Waals surface area contributed by atoms with Crippen molar-refractivity contribution in [3.05, 3.63) is 12.2 Å². The van der Waals surface area contributed by atoms with Crippen molar-refractivity contribution >= 4 is 17.7 Å². The maximum Gasteiger partial charge on any atom is 0.240 e. The number of carbonyl (C=O) groups excluding carboxylic acids is 1. The minimum atomic E-state index is -1.34. The van der Waals surface area contributed by atoms with Gasteiger partial charge in [0.15, 0.2) is 0 Å². The summed E-state index contributed by atoms with van der Waals surface area (Å²) in [5.74, 6) is 2.06. The molecule has 3 fully saturated rings. The van der Waals surface area contributed by atoms with Crippen LogP contribution in [0.5, 0.6) is 0 Å². The molecule has 2 bridgehead atoms. The van der Waals surface area contributed by atoms with Crippen LogP contribution in [-0.4, -0.2) is 88.2 Å². The largest absolute Gasteiger partial charge is 0.388 e. The molecule has 4 aliphatic heterocycles. The van der Waals surface area contributed by atoms with E-state index in [1.807, 2.05) is 6.92 Å². The number of fused-ring (bicyclic) bond motifs is 3. The third kappa shape index (κ3) is 6.65. The molecular formula is C27H46N2O6S. The van der Waals surface area contributed by atoms with Gasteiger partial charge in [0.05, 0.1) is 12.1 Å². The number of allylic oxidation sites excluding steroid dienone is 1. The summed E-state index contributed by atoms with van der Waals surface area (Å²) in [6.45, 7) is 7.92. The van der Waals surface area contributed by atoms with Crippen molar-refractivity contribution in [2.24, 2.45) is 23.7 Å². The van der Waals surface area contributed by atoms with Crippen molar-refractivity contribution < 1.29 is 29.6 Å². The van der Waals surface area contributed by atoms with E-state index in [9.17, 15) is 20.1 Å². The van der Waals surface area contributed by atoms with Gasteiger partial charge in [0.25, 0.3) is 0 Å². The fraction of sp³-hybridized carbons (Fsp3) is 0.889. The zero-order valence-electron chi connectivity index (χ0n) is 21.9. The summed E-state index contributed by atoms with van der Waals surface area (Å²) < 4.78 is 12.4. The Balaban J connectivity index is 1.50. The van der Waals surface area contributed by atoms with Crippen LogP contribution in [0, 0.1) is 23.7 Å². The molecule has 206 valence electrons. The van der Waals surface area contributed by atoms with Gasteiger partial charge < -0.3 is 35.4 Å². The molecule has 0 spiro atoms. The highest BCUT2D eigenvalue weighted by molar-refractivity contribution is 7.99. The van der Waals surface area contributed by atoms with E-state index in [1.165, 1.54) is 18.2 Å². The average molecular weight is 527 g/mol. The lowest BCUT2D eigenvalue weighted by molar-refractivity contribution is -0.207. The minimum absolute atomic E-state index is 0.135. The van der Waals surface area contributed by atoms with E-state index in [2.05, 4.69) is 36.6 Å². The maximum absolute atomic E-state index is 13.6. The number of carbonyl (C=O) groups is 1. The highest BCUT2D eigenvalue weighted by atomic mass is 32.2. The molecule has 0 aromatic heterocycles. The van der Waals surface area contributed by atoms with Gasteiger partial charge in [0.2, 0.25) is 5.91 Å².